The van der Waals surface area contributed by atoms with Gasteiger partial charge in [-0.05, 0) is 24.4 Å². The van der Waals surface area contributed by atoms with Crippen molar-refractivity contribution in [2.24, 2.45) is 0 Å². The number of hydrogen-bond acceptors (Lipinski definition) is 2. The molecule has 0 atom stereocenters. The van der Waals surface area contributed by atoms with Crippen LogP contribution in [-0.2, 0) is 0 Å². The second kappa shape index (κ2) is 5.17. The summed E-state index contributed by atoms with van der Waals surface area (Å²) in [7, 11) is 0. The van der Waals surface area contributed by atoms with E-state index in [9.17, 15) is 4.79 Å². The highest BCUT2D eigenvalue weighted by atomic mass is 35.5. The second-order valence-electron chi connectivity index (χ2n) is 4.57. The summed E-state index contributed by atoms with van der Waals surface area (Å²) in [5.74, 6) is 0. The molecule has 2 rings (SSSR count). The molecule has 2 aliphatic rings. The van der Waals surface area contributed by atoms with Crippen LogP contribution in [0.25, 0.3) is 0 Å². The third kappa shape index (κ3) is 2.85. The van der Waals surface area contributed by atoms with Gasteiger partial charge in [-0.1, -0.05) is 19.3 Å². The molecule has 86 valence electrons. The van der Waals surface area contributed by atoms with Crippen LogP contribution in [-0.4, -0.2) is 47.4 Å². The number of halogens is 1. The van der Waals surface area contributed by atoms with Crippen molar-refractivity contribution in [3.8, 4) is 0 Å². The molecule has 0 N–H and O–H groups in total. The number of hydrogen-bond donors (Lipinski definition) is 0. The zero-order chi connectivity index (χ0) is 10.7. The van der Waals surface area contributed by atoms with Gasteiger partial charge in [0.15, 0.2) is 0 Å². The van der Waals surface area contributed by atoms with Gasteiger partial charge in [0.05, 0.1) is 0 Å². The normalized spacial score (nSPS) is 25.5. The third-order valence-electron chi connectivity index (χ3n) is 3.65. The zero-order valence-electron chi connectivity index (χ0n) is 9.12. The van der Waals surface area contributed by atoms with Crippen LogP contribution in [0, 0.1) is 0 Å². The van der Waals surface area contributed by atoms with Crippen molar-refractivity contribution in [2.75, 3.05) is 26.2 Å². The lowest BCUT2D eigenvalue weighted by molar-refractivity contribution is 0.0969. The highest BCUT2D eigenvalue weighted by molar-refractivity contribution is 6.62. The highest BCUT2D eigenvalue weighted by Crippen LogP contribution is 2.23. The summed E-state index contributed by atoms with van der Waals surface area (Å²) in [6.07, 6.45) is 6.83. The van der Waals surface area contributed by atoms with E-state index in [1.54, 1.807) is 4.90 Å². The molecule has 1 amide bonds. The zero-order valence-corrected chi connectivity index (χ0v) is 9.88. The van der Waals surface area contributed by atoms with Crippen molar-refractivity contribution in [3.05, 3.63) is 0 Å². The van der Waals surface area contributed by atoms with Crippen LogP contribution in [0.4, 0.5) is 4.79 Å². The molecular formula is C11H19ClN2O. The maximum absolute atomic E-state index is 11.0. The first-order valence-corrected chi connectivity index (χ1v) is 6.33. The molecular weight excluding hydrogens is 212 g/mol. The molecule has 2 fully saturated rings. The monoisotopic (exact) mass is 230 g/mol. The van der Waals surface area contributed by atoms with E-state index >= 15 is 0 Å². The van der Waals surface area contributed by atoms with E-state index in [1.807, 2.05) is 0 Å². The van der Waals surface area contributed by atoms with Crippen LogP contribution in [0.1, 0.15) is 32.1 Å². The van der Waals surface area contributed by atoms with E-state index in [1.165, 1.54) is 32.1 Å². The first-order valence-electron chi connectivity index (χ1n) is 5.96. The summed E-state index contributed by atoms with van der Waals surface area (Å²) in [6.45, 7) is 3.62. The van der Waals surface area contributed by atoms with Crippen molar-refractivity contribution in [2.45, 2.75) is 38.1 Å². The average molecular weight is 231 g/mol. The first kappa shape index (κ1) is 11.2. The molecule has 0 aromatic rings. The predicted molar refractivity (Wildman–Crippen MR) is 61.3 cm³/mol. The standard InChI is InChI=1S/C11H19ClN2O/c12-11(15)14-8-6-13(7-9-14)10-4-2-1-3-5-10/h10H,1-9H2. The van der Waals surface area contributed by atoms with E-state index in [0.717, 1.165) is 32.2 Å². The summed E-state index contributed by atoms with van der Waals surface area (Å²) >= 11 is 5.46. The minimum Gasteiger partial charge on any atom is -0.327 e. The van der Waals surface area contributed by atoms with Crippen LogP contribution >= 0.6 is 11.6 Å². The molecule has 3 nitrogen and oxygen atoms in total. The largest absolute Gasteiger partial charge is 0.327 e. The Labute approximate surface area is 96.4 Å². The van der Waals surface area contributed by atoms with Gasteiger partial charge < -0.3 is 4.90 Å². The molecule has 0 aromatic carbocycles. The summed E-state index contributed by atoms with van der Waals surface area (Å²) in [5, 5.41) is -0.293. The fraction of sp³-hybridized carbons (Fsp3) is 0.909. The van der Waals surface area contributed by atoms with Gasteiger partial charge in [0.2, 0.25) is 0 Å². The van der Waals surface area contributed by atoms with Crippen molar-refractivity contribution in [1.82, 2.24) is 9.80 Å². The Morgan fingerprint density at radius 3 is 2.13 bits per heavy atom. The molecule has 1 saturated heterocycles. The molecule has 0 unspecified atom stereocenters. The van der Waals surface area contributed by atoms with Crippen molar-refractivity contribution in [3.63, 3.8) is 0 Å². The Kier molecular flexibility index (Phi) is 3.87. The fourth-order valence-electron chi connectivity index (χ4n) is 2.71. The van der Waals surface area contributed by atoms with Gasteiger partial charge in [-0.3, -0.25) is 9.69 Å². The van der Waals surface area contributed by atoms with Gasteiger partial charge >= 0.3 is 5.37 Å². The summed E-state index contributed by atoms with van der Waals surface area (Å²) in [4.78, 5) is 15.2. The van der Waals surface area contributed by atoms with E-state index in [0.29, 0.717) is 0 Å². The molecule has 0 aromatic heterocycles. The van der Waals surface area contributed by atoms with Crippen molar-refractivity contribution in [1.29, 1.82) is 0 Å². The molecule has 0 radical (unpaired) electrons. The quantitative estimate of drug-likeness (QED) is 0.510. The van der Waals surface area contributed by atoms with Crippen molar-refractivity contribution >= 4 is 17.0 Å². The Morgan fingerprint density at radius 2 is 1.60 bits per heavy atom. The minimum absolute atomic E-state index is 0.293. The van der Waals surface area contributed by atoms with Gasteiger partial charge in [-0.2, -0.15) is 0 Å². The molecule has 1 saturated carbocycles. The van der Waals surface area contributed by atoms with Crippen molar-refractivity contribution < 1.29 is 4.79 Å². The molecule has 0 bridgehead atoms. The topological polar surface area (TPSA) is 23.6 Å². The molecule has 1 aliphatic carbocycles. The second-order valence-corrected chi connectivity index (χ2v) is 4.89. The van der Waals surface area contributed by atoms with Crippen LogP contribution in [0.2, 0.25) is 0 Å². The fourth-order valence-corrected chi connectivity index (χ4v) is 2.88. The van der Waals surface area contributed by atoms with E-state index in [4.69, 9.17) is 11.6 Å². The van der Waals surface area contributed by atoms with Crippen LogP contribution in [0.5, 0.6) is 0 Å². The Hall–Kier alpha value is -0.280. The molecule has 15 heavy (non-hydrogen) atoms. The van der Waals surface area contributed by atoms with Crippen LogP contribution in [0.3, 0.4) is 0 Å². The lowest BCUT2D eigenvalue weighted by Crippen LogP contribution is -2.51. The number of rotatable bonds is 1. The van der Waals surface area contributed by atoms with Gasteiger partial charge in [-0.25, -0.2) is 0 Å². The molecule has 1 aliphatic heterocycles. The lowest BCUT2D eigenvalue weighted by atomic mass is 9.94. The summed E-state index contributed by atoms with van der Waals surface area (Å²) in [5.41, 5.74) is 0. The first-order chi connectivity index (χ1) is 7.27. The van der Waals surface area contributed by atoms with E-state index in [2.05, 4.69) is 4.90 Å². The SMILES string of the molecule is O=C(Cl)N1CCN(C2CCCCC2)CC1. The molecule has 4 heteroatoms. The highest BCUT2D eigenvalue weighted by Gasteiger charge is 2.26. The number of nitrogens with zero attached hydrogens (tertiary/aromatic N) is 2. The van der Waals surface area contributed by atoms with Gasteiger partial charge in [-0.15, -0.1) is 0 Å². The third-order valence-corrected chi connectivity index (χ3v) is 3.89. The van der Waals surface area contributed by atoms with Crippen LogP contribution < -0.4 is 0 Å². The number of piperazine rings is 1. The molecule has 0 spiro atoms. The number of carbonyl (C=O) groups excluding carboxylic acids is 1. The average Bonchev–Trinajstić information content (AvgIpc) is 2.30. The van der Waals surface area contributed by atoms with Gasteiger partial charge in [0.1, 0.15) is 0 Å². The summed E-state index contributed by atoms with van der Waals surface area (Å²) in [6, 6.07) is 0.770. The Morgan fingerprint density at radius 1 is 1.00 bits per heavy atom. The number of amides is 1. The smallest absolute Gasteiger partial charge is 0.316 e. The van der Waals surface area contributed by atoms with Gasteiger partial charge in [0, 0.05) is 32.2 Å². The van der Waals surface area contributed by atoms with Gasteiger partial charge in [0.25, 0.3) is 0 Å². The maximum atomic E-state index is 11.0. The molecule has 1 heterocycles. The van der Waals surface area contributed by atoms with Crippen LogP contribution in [0.15, 0.2) is 0 Å². The van der Waals surface area contributed by atoms with E-state index in [-0.39, 0.29) is 5.37 Å². The summed E-state index contributed by atoms with van der Waals surface area (Å²) < 4.78 is 0. The number of carbonyl (C=O) groups is 1. The Balaban J connectivity index is 1.79. The Bertz CT molecular complexity index is 221. The maximum Gasteiger partial charge on any atom is 0.316 e. The minimum atomic E-state index is -0.293. The predicted octanol–water partition coefficient (Wildman–Crippen LogP) is 2.30. The lowest BCUT2D eigenvalue weighted by Gasteiger charge is -2.40. The van der Waals surface area contributed by atoms with E-state index < -0.39 is 0 Å².